The SMILES string of the molecule is CCN1C[C@@]2(OC)C3[C@@H](OC)C4C1C3(C1C[C@@]3(O)[C@H](OC(=O)c5ccc(C(F)(F)F)cc5)C1[C@]4(OC(C)=O)[C@@H](O)[C@@H]3OC)[C@@H](OC)C[C@H]2O. The summed E-state index contributed by atoms with van der Waals surface area (Å²) in [5, 5.41) is 37.0. The maximum atomic E-state index is 13.8. The third kappa shape index (κ3) is 4.10. The monoisotopic (exact) mass is 699 g/mol. The van der Waals surface area contributed by atoms with Gasteiger partial charge in [0.15, 0.2) is 5.60 Å². The first kappa shape index (κ1) is 35.1. The largest absolute Gasteiger partial charge is 0.455 e. The maximum Gasteiger partial charge on any atom is 0.416 e. The molecule has 5 saturated carbocycles. The van der Waals surface area contributed by atoms with Crippen molar-refractivity contribution in [2.24, 2.45) is 29.1 Å². The van der Waals surface area contributed by atoms with E-state index in [0.29, 0.717) is 13.1 Å². The molecular weight excluding hydrogens is 655 g/mol. The molecule has 5 aliphatic carbocycles. The van der Waals surface area contributed by atoms with Crippen LogP contribution in [0.1, 0.15) is 42.6 Å². The van der Waals surface area contributed by atoms with Crippen LogP contribution in [0.2, 0.25) is 0 Å². The van der Waals surface area contributed by atoms with Crippen molar-refractivity contribution >= 4 is 11.9 Å². The first-order chi connectivity index (χ1) is 23.1. The summed E-state index contributed by atoms with van der Waals surface area (Å²) in [5.74, 6) is -4.90. The summed E-state index contributed by atoms with van der Waals surface area (Å²) in [4.78, 5) is 29.2. The third-order valence-electron chi connectivity index (χ3n) is 13.3. The number of carbonyl (C=O) groups is 2. The molecule has 1 aromatic rings. The Bertz CT molecular complexity index is 1500. The van der Waals surface area contributed by atoms with Crippen LogP contribution in [-0.2, 0) is 39.4 Å². The molecule has 7 bridgehead atoms. The number of likely N-dealkylation sites (N-methyl/N-ethyl adjacent to an activating group) is 1. The van der Waals surface area contributed by atoms with Crippen molar-refractivity contribution in [1.82, 2.24) is 4.90 Å². The first-order valence-electron chi connectivity index (χ1n) is 16.6. The topological polar surface area (TPSA) is 153 Å². The zero-order chi connectivity index (χ0) is 35.6. The minimum atomic E-state index is -4.63. The van der Waals surface area contributed by atoms with Crippen LogP contribution in [0.25, 0.3) is 0 Å². The molecule has 0 amide bonds. The predicted molar refractivity (Wildman–Crippen MR) is 161 cm³/mol. The van der Waals surface area contributed by atoms with Gasteiger partial charge in [0.05, 0.1) is 29.4 Å². The number of esters is 2. The molecule has 12 nitrogen and oxygen atoms in total. The highest BCUT2D eigenvalue weighted by atomic mass is 19.4. The van der Waals surface area contributed by atoms with E-state index in [0.717, 1.165) is 24.3 Å². The summed E-state index contributed by atoms with van der Waals surface area (Å²) in [6.07, 6.45) is -11.5. The highest BCUT2D eigenvalue weighted by molar-refractivity contribution is 5.89. The summed E-state index contributed by atoms with van der Waals surface area (Å²) >= 11 is 0. The fourth-order valence-electron chi connectivity index (χ4n) is 12.1. The molecule has 15 atom stereocenters. The molecule has 7 rings (SSSR count). The number of ether oxygens (including phenoxy) is 6. The van der Waals surface area contributed by atoms with Gasteiger partial charge in [0.25, 0.3) is 0 Å². The van der Waals surface area contributed by atoms with Crippen LogP contribution in [0.3, 0.4) is 0 Å². The smallest absolute Gasteiger partial charge is 0.416 e. The van der Waals surface area contributed by atoms with Crippen LogP contribution in [-0.4, -0.2) is 133 Å². The van der Waals surface area contributed by atoms with Crippen LogP contribution in [0.5, 0.6) is 0 Å². The number of carbonyl (C=O) groups excluding carboxylic acids is 2. The van der Waals surface area contributed by atoms with Gasteiger partial charge < -0.3 is 43.7 Å². The second-order valence-corrected chi connectivity index (χ2v) is 14.6. The van der Waals surface area contributed by atoms with Gasteiger partial charge in [-0.25, -0.2) is 4.79 Å². The number of fused-ring (bicyclic) bond motifs is 2. The number of methoxy groups -OCH3 is 4. The summed E-state index contributed by atoms with van der Waals surface area (Å²) in [5.41, 5.74) is -7.19. The van der Waals surface area contributed by atoms with E-state index in [1.54, 1.807) is 7.11 Å². The number of likely N-dealkylation sites (tertiary alicyclic amines) is 1. The maximum absolute atomic E-state index is 13.8. The molecule has 1 spiro atoms. The van der Waals surface area contributed by atoms with Crippen molar-refractivity contribution < 1.29 is 66.5 Å². The second kappa shape index (κ2) is 11.3. The molecule has 1 aromatic carbocycles. The molecule has 1 heterocycles. The number of hydrogen-bond acceptors (Lipinski definition) is 12. The van der Waals surface area contributed by atoms with Crippen molar-refractivity contribution in [1.29, 1.82) is 0 Å². The Balaban J connectivity index is 1.47. The van der Waals surface area contributed by atoms with Crippen LogP contribution in [0, 0.1) is 29.1 Å². The zero-order valence-electron chi connectivity index (χ0n) is 28.2. The van der Waals surface area contributed by atoms with E-state index in [1.807, 2.05) is 6.92 Å². The first-order valence-corrected chi connectivity index (χ1v) is 16.6. The Labute approximate surface area is 281 Å². The Morgan fingerprint density at radius 2 is 1.67 bits per heavy atom. The van der Waals surface area contributed by atoms with Gasteiger partial charge in [-0.1, -0.05) is 6.92 Å². The van der Waals surface area contributed by atoms with Crippen LogP contribution in [0.15, 0.2) is 24.3 Å². The minimum Gasteiger partial charge on any atom is -0.455 e. The van der Waals surface area contributed by atoms with Gasteiger partial charge in [-0.3, -0.25) is 9.69 Å². The lowest BCUT2D eigenvalue weighted by molar-refractivity contribution is -0.328. The Hall–Kier alpha value is -2.37. The van der Waals surface area contributed by atoms with Crippen molar-refractivity contribution in [2.75, 3.05) is 41.5 Å². The molecule has 0 aromatic heterocycles. The molecule has 1 aliphatic heterocycles. The Morgan fingerprint density at radius 1 is 1.00 bits per heavy atom. The number of halogens is 3. The van der Waals surface area contributed by atoms with Gasteiger partial charge >= 0.3 is 18.1 Å². The standard InChI is InChI=1S/C34H44F3NO11/c1-7-38-14-31(47-6)19(40)12-20(44-3)32-18-13-30(43)27(48-29(42)16-8-10-17(11-9-16)34(35,36)37)21(18)33(49-15(2)39,26(41)28(30)46-5)22(25(32)38)23(45-4)24(31)32/h8-11,18-28,40-41,43H,7,12-14H2,1-6H3/t18?,19-,20+,21?,22?,23+,24?,25?,26+,27-,28+,30-,31+,32?,33-/m1/s1. The molecule has 6 aliphatic rings. The molecule has 15 heteroatoms. The molecule has 272 valence electrons. The van der Waals surface area contributed by atoms with Crippen molar-refractivity contribution in [3.63, 3.8) is 0 Å². The summed E-state index contributed by atoms with van der Waals surface area (Å²) in [6, 6.07) is 3.04. The lowest BCUT2D eigenvalue weighted by atomic mass is 9.44. The van der Waals surface area contributed by atoms with Crippen LogP contribution < -0.4 is 0 Å². The van der Waals surface area contributed by atoms with E-state index >= 15 is 0 Å². The molecule has 6 fully saturated rings. The molecule has 0 radical (unpaired) electrons. The van der Waals surface area contributed by atoms with E-state index < -0.39 is 112 Å². The summed E-state index contributed by atoms with van der Waals surface area (Å²) in [7, 11) is 5.88. The predicted octanol–water partition coefficient (Wildman–Crippen LogP) is 1.42. The van der Waals surface area contributed by atoms with E-state index in [9.17, 15) is 38.1 Å². The summed E-state index contributed by atoms with van der Waals surface area (Å²) < 4.78 is 77.1. The number of rotatable bonds is 8. The third-order valence-corrected chi connectivity index (χ3v) is 13.3. The quantitative estimate of drug-likeness (QED) is 0.337. The van der Waals surface area contributed by atoms with Gasteiger partial charge in [0.2, 0.25) is 0 Å². The molecular formula is C34H44F3NO11. The van der Waals surface area contributed by atoms with Crippen molar-refractivity contribution in [3.05, 3.63) is 35.4 Å². The van der Waals surface area contributed by atoms with Crippen LogP contribution >= 0.6 is 0 Å². The number of benzene rings is 1. The molecule has 49 heavy (non-hydrogen) atoms. The highest BCUT2D eigenvalue weighted by Crippen LogP contribution is 2.79. The number of hydrogen-bond donors (Lipinski definition) is 3. The van der Waals surface area contributed by atoms with E-state index in [1.165, 1.54) is 28.3 Å². The number of alkyl halides is 3. The lowest BCUT2D eigenvalue weighted by Crippen LogP contribution is -2.82. The fourth-order valence-corrected chi connectivity index (χ4v) is 12.1. The zero-order valence-corrected chi connectivity index (χ0v) is 28.2. The summed E-state index contributed by atoms with van der Waals surface area (Å²) in [6.45, 7) is 3.95. The lowest BCUT2D eigenvalue weighted by Gasteiger charge is -2.69. The number of piperidine rings is 1. The Morgan fingerprint density at radius 3 is 2.20 bits per heavy atom. The molecule has 1 saturated heterocycles. The van der Waals surface area contributed by atoms with Gasteiger partial charge in [-0.15, -0.1) is 0 Å². The molecule has 3 N–H and O–H groups in total. The fraction of sp³-hybridized carbons (Fsp3) is 0.765. The average molecular weight is 700 g/mol. The van der Waals surface area contributed by atoms with Gasteiger partial charge in [0, 0.05) is 77.5 Å². The number of aliphatic hydroxyl groups excluding tert-OH is 2. The van der Waals surface area contributed by atoms with Crippen molar-refractivity contribution in [3.8, 4) is 0 Å². The second-order valence-electron chi connectivity index (χ2n) is 14.6. The average Bonchev–Trinajstić information content (AvgIpc) is 3.43. The van der Waals surface area contributed by atoms with Gasteiger partial charge in [-0.2, -0.15) is 13.2 Å². The number of nitrogens with zero attached hydrogens (tertiary/aromatic N) is 1. The van der Waals surface area contributed by atoms with E-state index in [2.05, 4.69) is 4.90 Å². The normalized spacial score (nSPS) is 48.0. The Kier molecular flexibility index (Phi) is 8.09. The number of aliphatic hydroxyl groups is 3. The highest BCUT2D eigenvalue weighted by Gasteiger charge is 2.92. The van der Waals surface area contributed by atoms with Crippen LogP contribution in [0.4, 0.5) is 13.2 Å². The van der Waals surface area contributed by atoms with Crippen molar-refractivity contribution in [2.45, 2.75) is 92.3 Å². The van der Waals surface area contributed by atoms with E-state index in [4.69, 9.17) is 28.4 Å². The van der Waals surface area contributed by atoms with Gasteiger partial charge in [-0.05, 0) is 43.1 Å². The van der Waals surface area contributed by atoms with E-state index in [-0.39, 0.29) is 18.4 Å². The minimum absolute atomic E-state index is 0.0926. The van der Waals surface area contributed by atoms with Gasteiger partial charge in [0.1, 0.15) is 29.5 Å². The molecule has 6 unspecified atom stereocenters.